The summed E-state index contributed by atoms with van der Waals surface area (Å²) in [6.45, 7) is 5.65. The van der Waals surface area contributed by atoms with E-state index in [2.05, 4.69) is 22.5 Å². The summed E-state index contributed by atoms with van der Waals surface area (Å²) in [5.41, 5.74) is 0.523. The average molecular weight is 558 g/mol. The molecule has 4 rings (SSSR count). The van der Waals surface area contributed by atoms with E-state index in [1.807, 2.05) is 0 Å². The Morgan fingerprint density at radius 2 is 2.18 bits per heavy atom. The predicted octanol–water partition coefficient (Wildman–Crippen LogP) is 2.88. The van der Waals surface area contributed by atoms with Crippen LogP contribution in [0.15, 0.2) is 36.9 Å². The van der Waals surface area contributed by atoms with Crippen LogP contribution in [0.5, 0.6) is 0 Å². The largest absolute Gasteiger partial charge is 0.466 e. The summed E-state index contributed by atoms with van der Waals surface area (Å²) in [7, 11) is 0. The Labute approximate surface area is 210 Å². The number of alkyl halides is 1. The van der Waals surface area contributed by atoms with Crippen LogP contribution in [-0.4, -0.2) is 75.0 Å². The lowest BCUT2D eigenvalue weighted by atomic mass is 9.71. The van der Waals surface area contributed by atoms with E-state index in [0.29, 0.717) is 17.1 Å². The van der Waals surface area contributed by atoms with Crippen molar-refractivity contribution in [2.45, 2.75) is 34.2 Å². The van der Waals surface area contributed by atoms with Gasteiger partial charge in [0.1, 0.15) is 6.04 Å². The quantitative estimate of drug-likeness (QED) is 0.301. The number of carbonyl (C=O) groups is 3. The number of halogens is 2. The third kappa shape index (κ3) is 3.81. The molecule has 2 bridgehead atoms. The number of aliphatic hydroxyl groups excluding tert-OH is 1. The van der Waals surface area contributed by atoms with E-state index in [4.69, 9.17) is 16.3 Å². The number of hydrogen-bond acceptors (Lipinski definition) is 6. The minimum absolute atomic E-state index is 0.00562. The fraction of sp³-hybridized carbons (Fsp3) is 0.522. The first-order chi connectivity index (χ1) is 15.8. The number of anilines is 1. The van der Waals surface area contributed by atoms with Crippen molar-refractivity contribution >= 4 is 62.8 Å². The highest BCUT2D eigenvalue weighted by Gasteiger charge is 2.76. The first kappa shape index (κ1) is 24.6. The van der Waals surface area contributed by atoms with Gasteiger partial charge in [0.05, 0.1) is 40.5 Å². The zero-order valence-corrected chi connectivity index (χ0v) is 21.3. The molecule has 3 saturated heterocycles. The minimum atomic E-state index is -0.854. The van der Waals surface area contributed by atoms with Crippen molar-refractivity contribution in [3.63, 3.8) is 0 Å². The van der Waals surface area contributed by atoms with Crippen molar-refractivity contribution < 1.29 is 24.2 Å². The number of ether oxygens (including phenoxy) is 1. The van der Waals surface area contributed by atoms with E-state index in [-0.39, 0.29) is 48.2 Å². The van der Waals surface area contributed by atoms with Gasteiger partial charge in [-0.1, -0.05) is 45.7 Å². The molecule has 178 valence electrons. The molecule has 7 nitrogen and oxygen atoms in total. The number of esters is 1. The van der Waals surface area contributed by atoms with Crippen LogP contribution >= 0.6 is 39.3 Å². The molecular weight excluding hydrogens is 532 g/mol. The summed E-state index contributed by atoms with van der Waals surface area (Å²) in [5, 5.41) is 9.96. The molecule has 1 aromatic rings. The van der Waals surface area contributed by atoms with E-state index in [1.165, 1.54) is 21.6 Å². The number of β-amino-alcohol motifs (C(OH)–C–C–N with tert-alkyl or cyclic N) is 1. The number of aliphatic hydroxyl groups is 1. The first-order valence-corrected chi connectivity index (χ1v) is 13.1. The van der Waals surface area contributed by atoms with Crippen LogP contribution in [0.3, 0.4) is 0 Å². The predicted molar refractivity (Wildman–Crippen MR) is 132 cm³/mol. The Hall–Kier alpha value is -1.55. The molecule has 0 aliphatic carbocycles. The van der Waals surface area contributed by atoms with Gasteiger partial charge in [-0.05, 0) is 25.5 Å². The van der Waals surface area contributed by atoms with Gasteiger partial charge in [0.15, 0.2) is 0 Å². The van der Waals surface area contributed by atoms with E-state index in [9.17, 15) is 19.5 Å². The molecule has 3 aliphatic rings. The Morgan fingerprint density at radius 3 is 2.82 bits per heavy atom. The highest BCUT2D eigenvalue weighted by atomic mass is 79.9. The van der Waals surface area contributed by atoms with Gasteiger partial charge in [0, 0.05) is 23.2 Å². The molecular formula is C23H26BrClN2O5S. The number of nitrogens with zero attached hydrogens (tertiary/aromatic N) is 2. The van der Waals surface area contributed by atoms with Crippen LogP contribution in [0.25, 0.3) is 0 Å². The number of carbonyl (C=O) groups excluding carboxylic acids is 3. The summed E-state index contributed by atoms with van der Waals surface area (Å²) in [6.07, 6.45) is 2.16. The monoisotopic (exact) mass is 556 g/mol. The molecule has 1 aromatic carbocycles. The maximum absolute atomic E-state index is 14.2. The highest BCUT2D eigenvalue weighted by Crippen LogP contribution is 2.68. The van der Waals surface area contributed by atoms with Crippen molar-refractivity contribution in [2.24, 2.45) is 11.8 Å². The van der Waals surface area contributed by atoms with Gasteiger partial charge in [-0.2, -0.15) is 0 Å². The van der Waals surface area contributed by atoms with Gasteiger partial charge >= 0.3 is 5.97 Å². The molecule has 3 unspecified atom stereocenters. The summed E-state index contributed by atoms with van der Waals surface area (Å²) in [6, 6.07) is 6.17. The third-order valence-corrected chi connectivity index (χ3v) is 10.2. The second-order valence-electron chi connectivity index (χ2n) is 8.36. The molecule has 33 heavy (non-hydrogen) atoms. The number of hydrogen-bond donors (Lipinski definition) is 1. The fourth-order valence-electron chi connectivity index (χ4n) is 5.52. The Kier molecular flexibility index (Phi) is 7.15. The van der Waals surface area contributed by atoms with E-state index in [1.54, 1.807) is 37.3 Å². The van der Waals surface area contributed by atoms with Gasteiger partial charge in [0.2, 0.25) is 5.91 Å². The second kappa shape index (κ2) is 9.60. The zero-order chi connectivity index (χ0) is 23.9. The van der Waals surface area contributed by atoms with E-state index >= 15 is 0 Å². The van der Waals surface area contributed by atoms with Crippen LogP contribution in [0.1, 0.15) is 13.3 Å². The van der Waals surface area contributed by atoms with Gasteiger partial charge in [-0.3, -0.25) is 14.4 Å². The zero-order valence-electron chi connectivity index (χ0n) is 18.2. The summed E-state index contributed by atoms with van der Waals surface area (Å²) in [4.78, 5) is 43.6. The summed E-state index contributed by atoms with van der Waals surface area (Å²) < 4.78 is 4.52. The lowest BCUT2D eigenvalue weighted by molar-refractivity contribution is -0.153. The number of benzene rings is 1. The third-order valence-electron chi connectivity index (χ3n) is 6.64. The number of thioether (sulfide) groups is 1. The molecule has 3 aliphatic heterocycles. The van der Waals surface area contributed by atoms with Gasteiger partial charge in [-0.25, -0.2) is 0 Å². The van der Waals surface area contributed by atoms with Crippen molar-refractivity contribution in [1.29, 1.82) is 0 Å². The van der Waals surface area contributed by atoms with Crippen molar-refractivity contribution in [2.75, 3.05) is 31.2 Å². The Morgan fingerprint density at radius 1 is 1.45 bits per heavy atom. The van der Waals surface area contributed by atoms with E-state index < -0.39 is 28.6 Å². The second-order valence-corrected chi connectivity index (χ2v) is 11.5. The number of amides is 2. The normalized spacial score (nSPS) is 32.1. The molecule has 0 aromatic heterocycles. The molecule has 3 heterocycles. The highest BCUT2D eigenvalue weighted by molar-refractivity contribution is 9.09. The maximum atomic E-state index is 14.2. The summed E-state index contributed by atoms with van der Waals surface area (Å²) in [5.74, 6) is -2.33. The topological polar surface area (TPSA) is 87.2 Å². The van der Waals surface area contributed by atoms with Crippen molar-refractivity contribution in [3.05, 3.63) is 41.9 Å². The van der Waals surface area contributed by atoms with Crippen LogP contribution in [0.2, 0.25) is 5.02 Å². The maximum Gasteiger partial charge on any atom is 0.310 e. The van der Waals surface area contributed by atoms with Crippen LogP contribution < -0.4 is 4.90 Å². The summed E-state index contributed by atoms with van der Waals surface area (Å²) >= 11 is 11.6. The molecule has 0 saturated carbocycles. The van der Waals surface area contributed by atoms with Gasteiger partial charge in [-0.15, -0.1) is 18.3 Å². The number of fused-ring (bicyclic) bond motifs is 1. The molecule has 3 fully saturated rings. The van der Waals surface area contributed by atoms with Crippen LogP contribution in [0, 0.1) is 11.8 Å². The van der Waals surface area contributed by atoms with Crippen molar-refractivity contribution in [1.82, 2.24) is 4.90 Å². The lowest BCUT2D eigenvalue weighted by Gasteiger charge is -2.37. The van der Waals surface area contributed by atoms with Crippen molar-refractivity contribution in [3.8, 4) is 0 Å². The molecule has 0 radical (unpaired) electrons. The average Bonchev–Trinajstić information content (AvgIpc) is 3.37. The molecule has 2 amide bonds. The fourth-order valence-corrected chi connectivity index (χ4v) is 9.35. The van der Waals surface area contributed by atoms with Gasteiger partial charge in [0.25, 0.3) is 5.91 Å². The molecule has 1 N–H and O–H groups in total. The number of rotatable bonds is 8. The molecule has 6 atom stereocenters. The van der Waals surface area contributed by atoms with E-state index in [0.717, 1.165) is 0 Å². The Balaban J connectivity index is 1.80. The first-order valence-electron chi connectivity index (χ1n) is 10.9. The molecule has 10 heteroatoms. The number of likely N-dealkylation sites (tertiary alicyclic amines) is 1. The standard InChI is InChI=1S/C23H26BrClN2O5S/c1-3-9-26(15-8-6-5-7-14(15)25)21(30)19-23-12-13(24)18(33-23)16(22(31)32-4-2)17(23)20(29)27(19)10-11-28/h3,5-8,13,16-19,28H,1,4,9-12H2,2H3/t13?,16-,17-,18-,19?,23?/m0/s1. The number of para-hydroxylation sites is 1. The minimum Gasteiger partial charge on any atom is -0.466 e. The Bertz CT molecular complexity index is 980. The molecule has 1 spiro atoms. The van der Waals surface area contributed by atoms with Crippen LogP contribution in [0.4, 0.5) is 5.69 Å². The SMILES string of the molecule is C=CCN(C(=O)C1N(CCO)C(=O)[C@@H]2[C@H](C(=O)OCC)[C@H]3SC12CC3Br)c1ccccc1Cl. The van der Waals surface area contributed by atoms with Crippen LogP contribution in [-0.2, 0) is 19.1 Å². The lowest BCUT2D eigenvalue weighted by Crippen LogP contribution is -2.56. The smallest absolute Gasteiger partial charge is 0.310 e. The van der Waals surface area contributed by atoms with Gasteiger partial charge < -0.3 is 19.6 Å².